The first kappa shape index (κ1) is 29.8. The summed E-state index contributed by atoms with van der Waals surface area (Å²) in [4.78, 5) is 57.1. The van der Waals surface area contributed by atoms with Gasteiger partial charge in [0.1, 0.15) is 5.70 Å². The van der Waals surface area contributed by atoms with Gasteiger partial charge < -0.3 is 29.7 Å². The summed E-state index contributed by atoms with van der Waals surface area (Å²) in [5, 5.41) is 37.4. The van der Waals surface area contributed by atoms with Crippen LogP contribution in [0.25, 0.3) is 0 Å². The summed E-state index contributed by atoms with van der Waals surface area (Å²) in [5.74, 6) is -2.50. The van der Waals surface area contributed by atoms with Crippen LogP contribution in [0, 0.1) is 21.4 Å². The molecule has 1 aromatic carbocycles. The highest BCUT2D eigenvalue weighted by Gasteiger charge is 2.66. The molecule has 13 nitrogen and oxygen atoms in total. The van der Waals surface area contributed by atoms with Crippen LogP contribution in [0.2, 0.25) is 0 Å². The number of rotatable bonds is 11. The number of nitro benzene ring substituents is 1. The van der Waals surface area contributed by atoms with Crippen LogP contribution in [0.15, 0.2) is 63.1 Å². The number of carboxylic acid groups (broad SMARTS) is 1. The number of carboxylic acids is 1. The van der Waals surface area contributed by atoms with Gasteiger partial charge in [0, 0.05) is 46.2 Å². The number of β-lactam (4-membered cyclic amide) rings is 1. The van der Waals surface area contributed by atoms with Crippen molar-refractivity contribution in [3.05, 3.63) is 85.8 Å². The fraction of sp³-hybridized carbons (Fsp3) is 0.379. The zero-order chi connectivity index (χ0) is 31.3. The molecular weight excluding hydrogens is 610 g/mol. The average molecular weight is 640 g/mol. The van der Waals surface area contributed by atoms with E-state index in [2.05, 4.69) is 15.2 Å². The number of aliphatic hydroxyl groups excluding tert-OH is 1. The van der Waals surface area contributed by atoms with Crippen LogP contribution in [0.1, 0.15) is 35.7 Å². The molecule has 0 spiro atoms. The van der Waals surface area contributed by atoms with Crippen molar-refractivity contribution in [1.82, 2.24) is 15.2 Å². The minimum atomic E-state index is -1.21. The molecule has 2 aromatic heterocycles. The Morgan fingerprint density at radius 3 is 2.64 bits per heavy atom. The zero-order valence-corrected chi connectivity index (χ0v) is 25.3. The Hall–Kier alpha value is -4.21. The third kappa shape index (κ3) is 5.14. The fourth-order valence-electron chi connectivity index (χ4n) is 6.19. The summed E-state index contributed by atoms with van der Waals surface area (Å²) in [6.07, 6.45) is 0.790. The molecule has 2 fully saturated rings. The number of hydrogen-bond acceptors (Lipinski definition) is 11. The van der Waals surface area contributed by atoms with Crippen molar-refractivity contribution in [1.29, 1.82) is 0 Å². The Labute approximate surface area is 259 Å². The van der Waals surface area contributed by atoms with Gasteiger partial charge in [0.15, 0.2) is 10.9 Å². The van der Waals surface area contributed by atoms with Crippen molar-refractivity contribution in [3.63, 3.8) is 0 Å². The molecule has 6 rings (SSSR count). The quantitative estimate of drug-likeness (QED) is 0.159. The lowest BCUT2D eigenvalue weighted by atomic mass is 9.67. The first-order valence-electron chi connectivity index (χ1n) is 13.9. The van der Waals surface area contributed by atoms with E-state index in [-0.39, 0.29) is 34.8 Å². The fourth-order valence-corrected chi connectivity index (χ4v) is 8.63. The van der Waals surface area contributed by atoms with Crippen LogP contribution in [0.4, 0.5) is 10.8 Å². The number of thiazole rings is 1. The van der Waals surface area contributed by atoms with Crippen LogP contribution in [-0.2, 0) is 22.6 Å². The Balaban J connectivity index is 1.19. The van der Waals surface area contributed by atoms with Crippen molar-refractivity contribution in [2.24, 2.45) is 11.3 Å². The van der Waals surface area contributed by atoms with Crippen LogP contribution in [-0.4, -0.2) is 73.3 Å². The summed E-state index contributed by atoms with van der Waals surface area (Å²) in [6.45, 7) is 4.88. The molecule has 2 amide bonds. The van der Waals surface area contributed by atoms with Gasteiger partial charge in [-0.25, -0.2) is 9.78 Å². The standard InChI is InChI=1S/C29H29N5O8S2/c1-15(35)21-23-29(2,10-16-5-7-18(8-6-16)34(40)41)24(22(27(38)39)33(23)26(21)37)44-19-12-32(13-19)28-31-17(14-43-28)11-30-25(36)20-4-3-9-42-20/h3-9,14-15,19,21,23,35H,10-13H2,1-2H3,(H,30,36)(H,38,39)/t15-,21-,23+,29-/m1/s1. The van der Waals surface area contributed by atoms with Gasteiger partial charge in [-0.15, -0.1) is 23.1 Å². The molecule has 2 saturated heterocycles. The highest BCUT2D eigenvalue weighted by atomic mass is 32.2. The lowest BCUT2D eigenvalue weighted by molar-refractivity contribution is -0.384. The van der Waals surface area contributed by atoms with Crippen molar-refractivity contribution in [3.8, 4) is 0 Å². The van der Waals surface area contributed by atoms with Crippen molar-refractivity contribution in [2.45, 2.75) is 44.2 Å². The number of thioether (sulfide) groups is 1. The zero-order valence-electron chi connectivity index (χ0n) is 23.7. The van der Waals surface area contributed by atoms with Crippen molar-refractivity contribution in [2.75, 3.05) is 18.0 Å². The number of aromatic nitrogens is 1. The van der Waals surface area contributed by atoms with Crippen LogP contribution in [0.5, 0.6) is 0 Å². The first-order valence-corrected chi connectivity index (χ1v) is 15.6. The van der Waals surface area contributed by atoms with Crippen molar-refractivity contribution < 1.29 is 33.9 Å². The predicted molar refractivity (Wildman–Crippen MR) is 161 cm³/mol. The van der Waals surface area contributed by atoms with Crippen LogP contribution < -0.4 is 10.2 Å². The second-order valence-electron chi connectivity index (χ2n) is 11.3. The molecule has 0 radical (unpaired) electrons. The number of nitrogens with one attached hydrogen (secondary N) is 1. The topological polar surface area (TPSA) is 179 Å². The Kier molecular flexibility index (Phi) is 7.71. The highest BCUT2D eigenvalue weighted by Crippen LogP contribution is 2.60. The average Bonchev–Trinajstić information content (AvgIpc) is 3.69. The molecular formula is C29H29N5O8S2. The van der Waals surface area contributed by atoms with Gasteiger partial charge in [0.05, 0.1) is 41.5 Å². The van der Waals surface area contributed by atoms with Crippen LogP contribution in [0.3, 0.4) is 0 Å². The van der Waals surface area contributed by atoms with Gasteiger partial charge >= 0.3 is 5.97 Å². The largest absolute Gasteiger partial charge is 0.477 e. The van der Waals surface area contributed by atoms with Crippen LogP contribution >= 0.6 is 23.1 Å². The second kappa shape index (κ2) is 11.4. The number of aliphatic hydroxyl groups is 1. The molecule has 4 atom stereocenters. The number of aliphatic carboxylic acids is 1. The van der Waals surface area contributed by atoms with E-state index in [1.54, 1.807) is 24.3 Å². The van der Waals surface area contributed by atoms with Gasteiger partial charge in [-0.2, -0.15) is 0 Å². The number of anilines is 1. The smallest absolute Gasteiger partial charge is 0.353 e. The molecule has 0 bridgehead atoms. The number of furan rings is 1. The number of benzene rings is 1. The second-order valence-corrected chi connectivity index (χ2v) is 13.5. The highest BCUT2D eigenvalue weighted by molar-refractivity contribution is 8.03. The molecule has 0 unspecified atom stereocenters. The SMILES string of the molecule is C[C@@H](O)[C@H]1C(=O)N2C(C(=O)O)=C(SC3CN(c4nc(CNC(=O)c5ccco5)cs4)C3)[C@](C)(Cc3ccc([N+](=O)[O-])cc3)[C@H]12. The monoisotopic (exact) mass is 639 g/mol. The molecule has 44 heavy (non-hydrogen) atoms. The summed E-state index contributed by atoms with van der Waals surface area (Å²) >= 11 is 2.88. The maximum Gasteiger partial charge on any atom is 0.353 e. The summed E-state index contributed by atoms with van der Waals surface area (Å²) in [7, 11) is 0. The summed E-state index contributed by atoms with van der Waals surface area (Å²) < 4.78 is 5.10. The van der Waals surface area contributed by atoms with Gasteiger partial charge in [-0.1, -0.05) is 19.1 Å². The number of amides is 2. The number of carbonyl (C=O) groups excluding carboxylic acids is 2. The molecule has 230 valence electrons. The molecule has 0 saturated carbocycles. The molecule has 3 aliphatic rings. The normalized spacial score (nSPS) is 23.7. The number of non-ortho nitro benzene ring substituents is 1. The third-order valence-corrected chi connectivity index (χ3v) is 10.8. The molecule has 0 aliphatic carbocycles. The molecule has 3 N–H and O–H groups in total. The van der Waals surface area contributed by atoms with Gasteiger partial charge in [-0.3, -0.25) is 19.7 Å². The van der Waals surface area contributed by atoms with E-state index >= 15 is 0 Å². The van der Waals surface area contributed by atoms with E-state index in [1.807, 2.05) is 12.3 Å². The Morgan fingerprint density at radius 1 is 1.30 bits per heavy atom. The van der Waals surface area contributed by atoms with Gasteiger partial charge in [-0.05, 0) is 31.0 Å². The van der Waals surface area contributed by atoms with E-state index in [0.29, 0.717) is 30.1 Å². The lowest BCUT2D eigenvalue weighted by Gasteiger charge is -2.51. The minimum Gasteiger partial charge on any atom is -0.477 e. The first-order chi connectivity index (χ1) is 21.0. The van der Waals surface area contributed by atoms with Crippen molar-refractivity contribution >= 4 is 51.7 Å². The molecule has 5 heterocycles. The van der Waals surface area contributed by atoms with E-state index in [9.17, 15) is 34.7 Å². The lowest BCUT2D eigenvalue weighted by Crippen LogP contribution is -2.66. The molecule has 3 aromatic rings. The van der Waals surface area contributed by atoms with E-state index in [0.717, 1.165) is 10.7 Å². The van der Waals surface area contributed by atoms with Gasteiger partial charge in [0.25, 0.3) is 11.6 Å². The third-order valence-electron chi connectivity index (χ3n) is 8.33. The Bertz CT molecular complexity index is 1650. The minimum absolute atomic E-state index is 0.0142. The Morgan fingerprint density at radius 2 is 2.02 bits per heavy atom. The maximum absolute atomic E-state index is 13.1. The summed E-state index contributed by atoms with van der Waals surface area (Å²) in [6, 6.07) is 8.77. The molecule has 15 heteroatoms. The number of nitro groups is 1. The number of hydrogen-bond donors (Lipinski definition) is 3. The molecule has 3 aliphatic heterocycles. The number of fused-ring (bicyclic) bond motifs is 1. The summed E-state index contributed by atoms with van der Waals surface area (Å²) in [5.41, 5.74) is 0.509. The number of carbonyl (C=O) groups is 3. The predicted octanol–water partition coefficient (Wildman–Crippen LogP) is 3.26. The van der Waals surface area contributed by atoms with Gasteiger partial charge in [0.2, 0.25) is 5.91 Å². The number of nitrogens with zero attached hydrogens (tertiary/aromatic N) is 4. The maximum atomic E-state index is 13.1. The van der Waals surface area contributed by atoms with E-state index < -0.39 is 40.3 Å². The van der Waals surface area contributed by atoms with E-state index in [4.69, 9.17) is 4.42 Å². The van der Waals surface area contributed by atoms with E-state index in [1.165, 1.54) is 53.3 Å².